The molecular weight excluding hydrogens is 614 g/mol. The van der Waals surface area contributed by atoms with Gasteiger partial charge in [-0.2, -0.15) is 0 Å². The Labute approximate surface area is 278 Å². The summed E-state index contributed by atoms with van der Waals surface area (Å²) in [4.78, 5) is 71.0. The minimum absolute atomic E-state index is 0.0708. The lowest BCUT2D eigenvalue weighted by atomic mass is 9.98. The molecule has 4 aromatic rings. The molecule has 0 aliphatic heterocycles. The third kappa shape index (κ3) is 8.79. The molecule has 0 aliphatic carbocycles. The number of carbonyl (C=O) groups excluding carboxylic acids is 4. The van der Waals surface area contributed by atoms with E-state index in [0.717, 1.165) is 32.9 Å². The highest BCUT2D eigenvalue weighted by molar-refractivity contribution is 5.95. The zero-order valence-electron chi connectivity index (χ0n) is 27.6. The number of para-hydroxylation sites is 2. The fourth-order valence-electron chi connectivity index (χ4n) is 5.61. The number of aromatic amines is 2. The van der Waals surface area contributed by atoms with Gasteiger partial charge in [0.2, 0.25) is 23.6 Å². The van der Waals surface area contributed by atoms with Crippen LogP contribution in [0.15, 0.2) is 60.9 Å². The molecule has 13 heteroatoms. The third-order valence-corrected chi connectivity index (χ3v) is 8.65. The first kappa shape index (κ1) is 35.7. The number of H-pyrrole nitrogens is 2. The number of nitrogens with two attached hydrogens (primary N) is 1. The van der Waals surface area contributed by atoms with E-state index in [4.69, 9.17) is 5.73 Å². The first-order chi connectivity index (χ1) is 22.9. The van der Waals surface area contributed by atoms with Crippen molar-refractivity contribution >= 4 is 51.4 Å². The van der Waals surface area contributed by atoms with Crippen molar-refractivity contribution in [2.75, 3.05) is 6.54 Å². The van der Waals surface area contributed by atoms with Gasteiger partial charge in [0, 0.05) is 40.6 Å². The summed E-state index contributed by atoms with van der Waals surface area (Å²) in [6.07, 6.45) is 4.39. The summed E-state index contributed by atoms with van der Waals surface area (Å²) in [6, 6.07) is 11.0. The van der Waals surface area contributed by atoms with Crippen molar-refractivity contribution in [1.82, 2.24) is 31.2 Å². The molecule has 0 unspecified atom stereocenters. The zero-order valence-corrected chi connectivity index (χ0v) is 27.6. The second-order valence-corrected chi connectivity index (χ2v) is 12.5. The summed E-state index contributed by atoms with van der Waals surface area (Å²) in [6.45, 7) is 6.58. The van der Waals surface area contributed by atoms with Gasteiger partial charge in [-0.1, -0.05) is 70.5 Å². The lowest BCUT2D eigenvalue weighted by Gasteiger charge is -2.25. The van der Waals surface area contributed by atoms with E-state index in [1.165, 1.54) is 0 Å². The molecule has 2 aromatic carbocycles. The normalized spacial score (nSPS) is 14.5. The summed E-state index contributed by atoms with van der Waals surface area (Å²) in [5, 5.41) is 22.1. The second kappa shape index (κ2) is 16.1. The first-order valence-corrected chi connectivity index (χ1v) is 16.2. The average Bonchev–Trinajstić information content (AvgIpc) is 3.67. The largest absolute Gasteiger partial charge is 0.480 e. The fourth-order valence-corrected chi connectivity index (χ4v) is 5.61. The predicted octanol–water partition coefficient (Wildman–Crippen LogP) is 2.12. The average molecular weight is 660 g/mol. The van der Waals surface area contributed by atoms with E-state index < -0.39 is 60.3 Å². The molecule has 0 saturated carbocycles. The van der Waals surface area contributed by atoms with E-state index in [1.807, 2.05) is 55.5 Å². The highest BCUT2D eigenvalue weighted by atomic mass is 16.4. The van der Waals surface area contributed by atoms with Gasteiger partial charge in [-0.25, -0.2) is 4.79 Å². The number of aliphatic carboxylic acids is 1. The van der Waals surface area contributed by atoms with Gasteiger partial charge in [-0.05, 0) is 41.5 Å². The standard InChI is InChI=1S/C35H45N7O6/c1-5-20(4)31(35(47)48)42-33(45)28(15-22-17-38-27-13-9-7-11-24(22)27)40-29(43)18-39-34(46)30(19(2)3)41-32(44)25(36)14-21-16-37-26-12-8-6-10-23(21)26/h6-13,16-17,19-20,25,28,30-31,37-38H,5,14-15,18,36H2,1-4H3,(H,39,46)(H,40,43)(H,41,44)(H,42,45)(H,47,48)/t20-,25-,28-,30-,31-/m0/s1. The highest BCUT2D eigenvalue weighted by Gasteiger charge is 2.31. The number of fused-ring (bicyclic) bond motifs is 2. The molecule has 2 aromatic heterocycles. The highest BCUT2D eigenvalue weighted by Crippen LogP contribution is 2.20. The minimum atomic E-state index is -1.18. The SMILES string of the molecule is CC[C@H](C)[C@H](NC(=O)[C@H](Cc1c[nH]c2ccccc12)NC(=O)CNC(=O)[C@@H](NC(=O)[C@@H](N)Cc1c[nH]c2ccccc12)C(C)C)C(=O)O. The van der Waals surface area contributed by atoms with Crippen molar-refractivity contribution in [2.24, 2.45) is 17.6 Å². The Morgan fingerprint density at radius 3 is 1.83 bits per heavy atom. The van der Waals surface area contributed by atoms with Crippen molar-refractivity contribution in [2.45, 2.75) is 71.1 Å². The Hall–Kier alpha value is -5.17. The van der Waals surface area contributed by atoms with Crippen molar-refractivity contribution in [3.63, 3.8) is 0 Å². The van der Waals surface area contributed by atoms with Gasteiger partial charge < -0.3 is 42.1 Å². The number of carboxylic acids is 1. The summed E-state index contributed by atoms with van der Waals surface area (Å²) in [7, 11) is 0. The van der Waals surface area contributed by atoms with E-state index in [2.05, 4.69) is 31.2 Å². The van der Waals surface area contributed by atoms with E-state index in [-0.39, 0.29) is 24.7 Å². The minimum Gasteiger partial charge on any atom is -0.480 e. The van der Waals surface area contributed by atoms with Gasteiger partial charge in [0.15, 0.2) is 0 Å². The maximum absolute atomic E-state index is 13.4. The number of aromatic nitrogens is 2. The Kier molecular flexibility index (Phi) is 12.0. The molecule has 256 valence electrons. The maximum atomic E-state index is 13.4. The fraction of sp³-hybridized carbons (Fsp3) is 0.400. The number of benzene rings is 2. The number of carbonyl (C=O) groups is 5. The van der Waals surface area contributed by atoms with E-state index in [9.17, 15) is 29.1 Å². The smallest absolute Gasteiger partial charge is 0.326 e. The Bertz CT molecular complexity index is 1760. The maximum Gasteiger partial charge on any atom is 0.326 e. The summed E-state index contributed by atoms with van der Waals surface area (Å²) < 4.78 is 0. The monoisotopic (exact) mass is 659 g/mol. The van der Waals surface area contributed by atoms with Crippen LogP contribution in [0, 0.1) is 11.8 Å². The van der Waals surface area contributed by atoms with E-state index in [0.29, 0.717) is 6.42 Å². The van der Waals surface area contributed by atoms with Gasteiger partial charge in [0.05, 0.1) is 12.6 Å². The van der Waals surface area contributed by atoms with Gasteiger partial charge in [-0.3, -0.25) is 19.2 Å². The number of rotatable bonds is 16. The zero-order chi connectivity index (χ0) is 35.0. The van der Waals surface area contributed by atoms with Crippen LogP contribution in [0.1, 0.15) is 45.2 Å². The number of nitrogens with one attached hydrogen (secondary N) is 6. The molecule has 0 fully saturated rings. The lowest BCUT2D eigenvalue weighted by molar-refractivity contribution is -0.143. The predicted molar refractivity (Wildman–Crippen MR) is 183 cm³/mol. The van der Waals surface area contributed by atoms with Crippen LogP contribution in [0.25, 0.3) is 21.8 Å². The number of amides is 4. The molecule has 5 atom stereocenters. The van der Waals surface area contributed by atoms with Crippen LogP contribution in [0.2, 0.25) is 0 Å². The van der Waals surface area contributed by atoms with Crippen molar-refractivity contribution in [3.8, 4) is 0 Å². The van der Waals surface area contributed by atoms with Crippen LogP contribution in [0.5, 0.6) is 0 Å². The van der Waals surface area contributed by atoms with E-state index in [1.54, 1.807) is 33.2 Å². The van der Waals surface area contributed by atoms with Gasteiger partial charge in [0.1, 0.15) is 18.1 Å². The van der Waals surface area contributed by atoms with Crippen molar-refractivity contribution in [3.05, 3.63) is 72.1 Å². The number of carboxylic acid groups (broad SMARTS) is 1. The Balaban J connectivity index is 1.40. The van der Waals surface area contributed by atoms with Crippen LogP contribution in [0.4, 0.5) is 0 Å². The quantitative estimate of drug-likeness (QED) is 0.0897. The third-order valence-electron chi connectivity index (χ3n) is 8.65. The van der Waals surface area contributed by atoms with Crippen molar-refractivity contribution in [1.29, 1.82) is 0 Å². The molecule has 2 heterocycles. The van der Waals surface area contributed by atoms with Gasteiger partial charge in [-0.15, -0.1) is 0 Å². The summed E-state index contributed by atoms with van der Waals surface area (Å²) >= 11 is 0. The summed E-state index contributed by atoms with van der Waals surface area (Å²) in [5.74, 6) is -4.28. The molecule has 4 amide bonds. The molecule has 0 saturated heterocycles. The molecule has 0 aliphatic rings. The molecule has 48 heavy (non-hydrogen) atoms. The lowest BCUT2D eigenvalue weighted by Crippen LogP contribution is -2.57. The topological polar surface area (TPSA) is 211 Å². The van der Waals surface area contributed by atoms with Crippen LogP contribution in [-0.4, -0.2) is 75.4 Å². The Morgan fingerprint density at radius 2 is 1.29 bits per heavy atom. The Morgan fingerprint density at radius 1 is 0.750 bits per heavy atom. The van der Waals surface area contributed by atoms with Crippen LogP contribution < -0.4 is 27.0 Å². The molecule has 0 bridgehead atoms. The van der Waals surface area contributed by atoms with Gasteiger partial charge >= 0.3 is 5.97 Å². The van der Waals surface area contributed by atoms with E-state index >= 15 is 0 Å². The van der Waals surface area contributed by atoms with Crippen LogP contribution in [0.3, 0.4) is 0 Å². The molecule has 0 spiro atoms. The number of hydrogen-bond donors (Lipinski definition) is 8. The van der Waals surface area contributed by atoms with Crippen LogP contribution >= 0.6 is 0 Å². The van der Waals surface area contributed by atoms with Crippen molar-refractivity contribution < 1.29 is 29.1 Å². The van der Waals surface area contributed by atoms with Gasteiger partial charge in [0.25, 0.3) is 0 Å². The second-order valence-electron chi connectivity index (χ2n) is 12.5. The molecule has 9 N–H and O–H groups in total. The first-order valence-electron chi connectivity index (χ1n) is 16.2. The summed E-state index contributed by atoms with van der Waals surface area (Å²) in [5.41, 5.74) is 9.62. The molecular formula is C35H45N7O6. The number of hydrogen-bond acceptors (Lipinski definition) is 6. The van der Waals surface area contributed by atoms with Crippen LogP contribution in [-0.2, 0) is 36.8 Å². The molecule has 0 radical (unpaired) electrons. The molecule has 4 rings (SSSR count). The molecule has 13 nitrogen and oxygen atoms in total.